The molecule has 0 aliphatic carbocycles. The van der Waals surface area contributed by atoms with E-state index < -0.39 is 0 Å². The summed E-state index contributed by atoms with van der Waals surface area (Å²) in [7, 11) is 0. The highest BCUT2D eigenvalue weighted by atomic mass is 15.3. The fraction of sp³-hybridized carbons (Fsp3) is 1.00. The number of rotatable bonds is 5. The van der Waals surface area contributed by atoms with E-state index in [1.807, 2.05) is 0 Å². The van der Waals surface area contributed by atoms with Crippen molar-refractivity contribution in [2.24, 2.45) is 5.73 Å². The van der Waals surface area contributed by atoms with Crippen LogP contribution < -0.4 is 5.73 Å². The lowest BCUT2D eigenvalue weighted by molar-refractivity contribution is 0.0733. The van der Waals surface area contributed by atoms with Crippen molar-refractivity contribution in [2.45, 2.75) is 45.7 Å². The Morgan fingerprint density at radius 2 is 1.53 bits per heavy atom. The number of nitrogens with zero attached hydrogens (tertiary/aromatic N) is 2. The molecule has 3 nitrogen and oxygen atoms in total. The average Bonchev–Trinajstić information content (AvgIpc) is 2.30. The van der Waals surface area contributed by atoms with E-state index in [1.165, 1.54) is 39.0 Å². The Balaban J connectivity index is 2.34. The van der Waals surface area contributed by atoms with Crippen LogP contribution in [-0.2, 0) is 0 Å². The van der Waals surface area contributed by atoms with E-state index in [2.05, 4.69) is 30.6 Å². The third-order valence-corrected chi connectivity index (χ3v) is 3.82. The number of hydrogen-bond donors (Lipinski definition) is 1. The molecule has 2 unspecified atom stereocenters. The summed E-state index contributed by atoms with van der Waals surface area (Å²) in [5.41, 5.74) is 5.78. The molecule has 2 N–H and O–H groups in total. The van der Waals surface area contributed by atoms with Gasteiger partial charge in [-0.3, -0.25) is 9.80 Å². The van der Waals surface area contributed by atoms with Gasteiger partial charge in [0, 0.05) is 44.8 Å². The predicted molar refractivity (Wildman–Crippen MR) is 66.0 cm³/mol. The summed E-state index contributed by atoms with van der Waals surface area (Å²) in [5.74, 6) is 0. The molecule has 0 amide bonds. The maximum absolute atomic E-state index is 5.78. The monoisotopic (exact) mass is 213 g/mol. The van der Waals surface area contributed by atoms with E-state index in [9.17, 15) is 0 Å². The molecule has 0 aromatic rings. The molecule has 15 heavy (non-hydrogen) atoms. The Hall–Kier alpha value is -0.120. The van der Waals surface area contributed by atoms with Crippen molar-refractivity contribution in [3.05, 3.63) is 0 Å². The summed E-state index contributed by atoms with van der Waals surface area (Å²) in [5, 5.41) is 0. The molecular formula is C12H27N3. The Kier molecular flexibility index (Phi) is 5.58. The summed E-state index contributed by atoms with van der Waals surface area (Å²) >= 11 is 0. The minimum Gasteiger partial charge on any atom is -0.329 e. The minimum absolute atomic E-state index is 0.601. The van der Waals surface area contributed by atoms with Crippen molar-refractivity contribution >= 4 is 0 Å². The van der Waals surface area contributed by atoms with Gasteiger partial charge in [-0.05, 0) is 19.8 Å². The lowest BCUT2D eigenvalue weighted by Gasteiger charge is -2.41. The molecule has 0 radical (unpaired) electrons. The van der Waals surface area contributed by atoms with Gasteiger partial charge in [0.15, 0.2) is 0 Å². The highest BCUT2D eigenvalue weighted by molar-refractivity contribution is 4.80. The Bertz CT molecular complexity index is 160. The van der Waals surface area contributed by atoms with Crippen LogP contribution in [0.2, 0.25) is 0 Å². The largest absolute Gasteiger partial charge is 0.329 e. The molecule has 0 spiro atoms. The van der Waals surface area contributed by atoms with Crippen LogP contribution >= 0.6 is 0 Å². The molecule has 1 aliphatic rings. The summed E-state index contributed by atoms with van der Waals surface area (Å²) in [6, 6.07) is 1.34. The van der Waals surface area contributed by atoms with Gasteiger partial charge in [-0.2, -0.15) is 0 Å². The Morgan fingerprint density at radius 3 is 1.93 bits per heavy atom. The summed E-state index contributed by atoms with van der Waals surface area (Å²) in [6.07, 6.45) is 2.44. The van der Waals surface area contributed by atoms with Crippen LogP contribution in [-0.4, -0.2) is 54.6 Å². The zero-order valence-electron chi connectivity index (χ0n) is 10.6. The molecule has 0 aromatic heterocycles. The zero-order chi connectivity index (χ0) is 11.3. The fourth-order valence-corrected chi connectivity index (χ4v) is 2.38. The highest BCUT2D eigenvalue weighted by Gasteiger charge is 2.23. The van der Waals surface area contributed by atoms with Gasteiger partial charge in [0.25, 0.3) is 0 Å². The summed E-state index contributed by atoms with van der Waals surface area (Å²) in [4.78, 5) is 5.15. The molecule has 0 aromatic carbocycles. The average molecular weight is 213 g/mol. The molecule has 0 bridgehead atoms. The van der Waals surface area contributed by atoms with Crippen molar-refractivity contribution in [3.8, 4) is 0 Å². The van der Waals surface area contributed by atoms with E-state index in [1.54, 1.807) is 0 Å². The third-order valence-electron chi connectivity index (χ3n) is 3.82. The van der Waals surface area contributed by atoms with E-state index in [0.29, 0.717) is 6.04 Å². The first-order valence-corrected chi connectivity index (χ1v) is 6.41. The second-order valence-electron chi connectivity index (χ2n) is 4.63. The molecular weight excluding hydrogens is 186 g/mol. The maximum atomic E-state index is 5.78. The number of hydrogen-bond acceptors (Lipinski definition) is 3. The van der Waals surface area contributed by atoms with Gasteiger partial charge in [-0.25, -0.2) is 0 Å². The first kappa shape index (κ1) is 12.9. The molecule has 1 aliphatic heterocycles. The number of nitrogens with two attached hydrogens (primary N) is 1. The van der Waals surface area contributed by atoms with Crippen LogP contribution in [0.4, 0.5) is 0 Å². The van der Waals surface area contributed by atoms with Crippen LogP contribution in [0.3, 0.4) is 0 Å². The van der Waals surface area contributed by atoms with Crippen LogP contribution in [0, 0.1) is 0 Å². The summed E-state index contributed by atoms with van der Waals surface area (Å²) < 4.78 is 0. The van der Waals surface area contributed by atoms with Gasteiger partial charge < -0.3 is 5.73 Å². The molecule has 1 fully saturated rings. The molecule has 0 saturated carbocycles. The third kappa shape index (κ3) is 3.44. The quantitative estimate of drug-likeness (QED) is 0.743. The topological polar surface area (TPSA) is 32.5 Å². The minimum atomic E-state index is 0.601. The Morgan fingerprint density at radius 1 is 1.00 bits per heavy atom. The molecule has 2 atom stereocenters. The van der Waals surface area contributed by atoms with Crippen LogP contribution in [0.25, 0.3) is 0 Å². The van der Waals surface area contributed by atoms with Crippen molar-refractivity contribution in [3.63, 3.8) is 0 Å². The normalized spacial score (nSPS) is 24.0. The van der Waals surface area contributed by atoms with Gasteiger partial charge in [-0.1, -0.05) is 13.8 Å². The van der Waals surface area contributed by atoms with Gasteiger partial charge in [0.1, 0.15) is 0 Å². The zero-order valence-corrected chi connectivity index (χ0v) is 10.6. The first-order chi connectivity index (χ1) is 7.22. The van der Waals surface area contributed by atoms with Crippen LogP contribution in [0.15, 0.2) is 0 Å². The smallest absolute Gasteiger partial charge is 0.0216 e. The standard InChI is InChI=1S/C12H27N3/c1-4-11(3)14-6-8-15(9-7-14)12(5-2)10-13/h11-12H,4-10,13H2,1-3H3. The van der Waals surface area contributed by atoms with E-state index >= 15 is 0 Å². The molecule has 1 saturated heterocycles. The molecule has 90 valence electrons. The van der Waals surface area contributed by atoms with Gasteiger partial charge in [-0.15, -0.1) is 0 Å². The van der Waals surface area contributed by atoms with Gasteiger partial charge in [0.2, 0.25) is 0 Å². The lowest BCUT2D eigenvalue weighted by atomic mass is 10.1. The predicted octanol–water partition coefficient (Wildman–Crippen LogP) is 1.14. The van der Waals surface area contributed by atoms with Crippen molar-refractivity contribution in [1.29, 1.82) is 0 Å². The molecule has 3 heteroatoms. The highest BCUT2D eigenvalue weighted by Crippen LogP contribution is 2.12. The summed E-state index contributed by atoms with van der Waals surface area (Å²) in [6.45, 7) is 12.5. The fourth-order valence-electron chi connectivity index (χ4n) is 2.38. The first-order valence-electron chi connectivity index (χ1n) is 6.41. The second-order valence-corrected chi connectivity index (χ2v) is 4.63. The number of piperazine rings is 1. The molecule has 1 rings (SSSR count). The SMILES string of the molecule is CCC(C)N1CCN(C(CC)CN)CC1. The maximum Gasteiger partial charge on any atom is 0.0216 e. The Labute approximate surface area is 94.6 Å². The van der Waals surface area contributed by atoms with Gasteiger partial charge >= 0.3 is 0 Å². The van der Waals surface area contributed by atoms with Crippen molar-refractivity contribution in [1.82, 2.24) is 9.80 Å². The lowest BCUT2D eigenvalue weighted by Crippen LogP contribution is -2.53. The molecule has 1 heterocycles. The van der Waals surface area contributed by atoms with Crippen LogP contribution in [0.1, 0.15) is 33.6 Å². The van der Waals surface area contributed by atoms with E-state index in [0.717, 1.165) is 12.6 Å². The second kappa shape index (κ2) is 6.46. The van der Waals surface area contributed by atoms with Gasteiger partial charge in [0.05, 0.1) is 0 Å². The van der Waals surface area contributed by atoms with Crippen molar-refractivity contribution in [2.75, 3.05) is 32.7 Å². The van der Waals surface area contributed by atoms with E-state index in [4.69, 9.17) is 5.73 Å². The van der Waals surface area contributed by atoms with E-state index in [-0.39, 0.29) is 0 Å². The van der Waals surface area contributed by atoms with Crippen molar-refractivity contribution < 1.29 is 0 Å². The van der Waals surface area contributed by atoms with Crippen LogP contribution in [0.5, 0.6) is 0 Å².